The number of likely N-dealkylation sites (tertiary alicyclic amines) is 1. The molecule has 0 atom stereocenters. The summed E-state index contributed by atoms with van der Waals surface area (Å²) >= 11 is 1.67. The van der Waals surface area contributed by atoms with Gasteiger partial charge in [0.2, 0.25) is 0 Å². The molecule has 1 fully saturated rings. The van der Waals surface area contributed by atoms with Gasteiger partial charge in [-0.3, -0.25) is 9.69 Å². The Balaban J connectivity index is 1.26. The standard InChI is InChI=1S/C29H34N2O3S/c1-33-26-11-8-25(28(18-26)34-2)20-31-16-14-23(15-17-31)22-6-4-21(5-7-22)19-30-29(32)24-9-12-27(35-3)13-10-24/h4-13,18,23H,14-17,19-20H2,1-3H3,(H,30,32). The number of benzene rings is 3. The van der Waals surface area contributed by atoms with Crippen molar-refractivity contribution in [2.45, 2.75) is 36.7 Å². The number of nitrogens with one attached hydrogen (secondary N) is 1. The van der Waals surface area contributed by atoms with E-state index in [-0.39, 0.29) is 5.91 Å². The lowest BCUT2D eigenvalue weighted by Crippen LogP contribution is -2.32. The summed E-state index contributed by atoms with van der Waals surface area (Å²) in [6.07, 6.45) is 4.31. The number of carbonyl (C=O) groups is 1. The average Bonchev–Trinajstić information content (AvgIpc) is 2.92. The van der Waals surface area contributed by atoms with Crippen molar-refractivity contribution in [2.24, 2.45) is 0 Å². The maximum absolute atomic E-state index is 12.4. The van der Waals surface area contributed by atoms with E-state index in [1.807, 2.05) is 42.7 Å². The number of thioether (sulfide) groups is 1. The lowest BCUT2D eigenvalue weighted by molar-refractivity contribution is 0.0951. The summed E-state index contributed by atoms with van der Waals surface area (Å²) in [6, 6.07) is 22.5. The monoisotopic (exact) mass is 490 g/mol. The smallest absolute Gasteiger partial charge is 0.251 e. The Bertz CT molecular complexity index is 1110. The second-order valence-electron chi connectivity index (χ2n) is 8.88. The Hall–Kier alpha value is -2.96. The van der Waals surface area contributed by atoms with Gasteiger partial charge in [-0.2, -0.15) is 0 Å². The van der Waals surface area contributed by atoms with Crippen LogP contribution in [0.5, 0.6) is 11.5 Å². The maximum Gasteiger partial charge on any atom is 0.251 e. The van der Waals surface area contributed by atoms with Crippen molar-refractivity contribution in [3.63, 3.8) is 0 Å². The summed E-state index contributed by atoms with van der Waals surface area (Å²) in [6.45, 7) is 3.55. The van der Waals surface area contributed by atoms with Crippen LogP contribution in [0.4, 0.5) is 0 Å². The Morgan fingerprint density at radius 2 is 1.69 bits per heavy atom. The highest BCUT2D eigenvalue weighted by Gasteiger charge is 2.21. The van der Waals surface area contributed by atoms with E-state index >= 15 is 0 Å². The largest absolute Gasteiger partial charge is 0.497 e. The van der Waals surface area contributed by atoms with Gasteiger partial charge >= 0.3 is 0 Å². The van der Waals surface area contributed by atoms with Crippen molar-refractivity contribution in [3.05, 3.63) is 89.0 Å². The summed E-state index contributed by atoms with van der Waals surface area (Å²) in [4.78, 5) is 16.1. The fourth-order valence-corrected chi connectivity index (χ4v) is 4.99. The quantitative estimate of drug-likeness (QED) is 0.388. The third-order valence-corrected chi connectivity index (χ3v) is 7.48. The fraction of sp³-hybridized carbons (Fsp3) is 0.345. The minimum atomic E-state index is -0.0393. The molecule has 0 aliphatic carbocycles. The summed E-state index contributed by atoms with van der Waals surface area (Å²) in [5.41, 5.74) is 4.39. The number of rotatable bonds is 9. The molecule has 0 spiro atoms. The molecule has 4 rings (SSSR count). The zero-order valence-electron chi connectivity index (χ0n) is 20.8. The average molecular weight is 491 g/mol. The Morgan fingerprint density at radius 3 is 2.31 bits per heavy atom. The molecule has 1 aliphatic heterocycles. The third kappa shape index (κ3) is 6.59. The van der Waals surface area contributed by atoms with Crippen LogP contribution >= 0.6 is 11.8 Å². The third-order valence-electron chi connectivity index (χ3n) is 6.73. The van der Waals surface area contributed by atoms with Crippen LogP contribution in [0.15, 0.2) is 71.6 Å². The highest BCUT2D eigenvalue weighted by Crippen LogP contribution is 2.31. The number of nitrogens with zero attached hydrogens (tertiary/aromatic N) is 1. The van der Waals surface area contributed by atoms with Gasteiger partial charge in [0.25, 0.3) is 5.91 Å². The minimum Gasteiger partial charge on any atom is -0.497 e. The van der Waals surface area contributed by atoms with Gasteiger partial charge in [0.1, 0.15) is 11.5 Å². The summed E-state index contributed by atoms with van der Waals surface area (Å²) in [5.74, 6) is 2.23. The van der Waals surface area contributed by atoms with Crippen molar-refractivity contribution in [1.29, 1.82) is 0 Å². The first-order valence-electron chi connectivity index (χ1n) is 12.0. The van der Waals surface area contributed by atoms with Gasteiger partial charge in [0.05, 0.1) is 14.2 Å². The van der Waals surface area contributed by atoms with Gasteiger partial charge in [-0.25, -0.2) is 0 Å². The molecular weight excluding hydrogens is 456 g/mol. The Kier molecular flexibility index (Phi) is 8.72. The van der Waals surface area contributed by atoms with Crippen LogP contribution < -0.4 is 14.8 Å². The lowest BCUT2D eigenvalue weighted by atomic mass is 9.89. The minimum absolute atomic E-state index is 0.0393. The molecule has 0 bridgehead atoms. The SMILES string of the molecule is COc1ccc(CN2CCC(c3ccc(CNC(=O)c4ccc(SC)cc4)cc3)CC2)c(OC)c1. The van der Waals surface area contributed by atoms with Gasteiger partial charge in [-0.1, -0.05) is 30.3 Å². The number of amides is 1. The van der Waals surface area contributed by atoms with E-state index < -0.39 is 0 Å². The van der Waals surface area contributed by atoms with Crippen molar-refractivity contribution in [2.75, 3.05) is 33.6 Å². The van der Waals surface area contributed by atoms with E-state index in [0.29, 0.717) is 18.0 Å². The molecule has 184 valence electrons. The van der Waals surface area contributed by atoms with Crippen LogP contribution in [0.25, 0.3) is 0 Å². The topological polar surface area (TPSA) is 50.8 Å². The first kappa shape index (κ1) is 25.1. The van der Waals surface area contributed by atoms with Crippen molar-refractivity contribution >= 4 is 17.7 Å². The van der Waals surface area contributed by atoms with Crippen LogP contribution in [-0.2, 0) is 13.1 Å². The highest BCUT2D eigenvalue weighted by molar-refractivity contribution is 7.98. The number of hydrogen-bond donors (Lipinski definition) is 1. The Morgan fingerprint density at radius 1 is 0.971 bits per heavy atom. The van der Waals surface area contributed by atoms with E-state index in [9.17, 15) is 4.79 Å². The van der Waals surface area contributed by atoms with Gasteiger partial charge in [-0.15, -0.1) is 11.8 Å². The molecule has 1 heterocycles. The molecule has 0 radical (unpaired) electrons. The number of ether oxygens (including phenoxy) is 2. The van der Waals surface area contributed by atoms with E-state index in [4.69, 9.17) is 9.47 Å². The number of methoxy groups -OCH3 is 2. The second kappa shape index (κ2) is 12.1. The second-order valence-corrected chi connectivity index (χ2v) is 9.76. The highest BCUT2D eigenvalue weighted by atomic mass is 32.2. The van der Waals surface area contributed by atoms with E-state index in [1.165, 1.54) is 11.1 Å². The van der Waals surface area contributed by atoms with E-state index in [2.05, 4.69) is 40.5 Å². The Labute approximate surface area is 212 Å². The van der Waals surface area contributed by atoms with Gasteiger partial charge in [0.15, 0.2) is 0 Å². The lowest BCUT2D eigenvalue weighted by Gasteiger charge is -2.32. The van der Waals surface area contributed by atoms with Crippen molar-refractivity contribution in [1.82, 2.24) is 10.2 Å². The molecule has 1 saturated heterocycles. The van der Waals surface area contributed by atoms with Gasteiger partial charge in [0, 0.05) is 35.2 Å². The predicted octanol–water partition coefficient (Wildman–Crippen LogP) is 5.74. The van der Waals surface area contributed by atoms with Crippen LogP contribution in [0.2, 0.25) is 0 Å². The zero-order chi connectivity index (χ0) is 24.6. The first-order chi connectivity index (χ1) is 17.1. The molecule has 0 unspecified atom stereocenters. The fourth-order valence-electron chi connectivity index (χ4n) is 4.58. The molecular formula is C29H34N2O3S. The molecule has 5 nitrogen and oxygen atoms in total. The molecule has 0 aromatic heterocycles. The predicted molar refractivity (Wildman–Crippen MR) is 143 cm³/mol. The normalized spacial score (nSPS) is 14.5. The molecule has 0 saturated carbocycles. The molecule has 1 amide bonds. The zero-order valence-corrected chi connectivity index (χ0v) is 21.6. The van der Waals surface area contributed by atoms with Crippen molar-refractivity contribution < 1.29 is 14.3 Å². The van der Waals surface area contributed by atoms with Crippen LogP contribution in [0.3, 0.4) is 0 Å². The van der Waals surface area contributed by atoms with Crippen molar-refractivity contribution in [3.8, 4) is 11.5 Å². The molecule has 3 aromatic carbocycles. The van der Waals surface area contributed by atoms with Gasteiger partial charge < -0.3 is 14.8 Å². The molecule has 1 aliphatic rings. The molecule has 35 heavy (non-hydrogen) atoms. The number of hydrogen-bond acceptors (Lipinski definition) is 5. The number of piperidine rings is 1. The van der Waals surface area contributed by atoms with E-state index in [1.54, 1.807) is 26.0 Å². The first-order valence-corrected chi connectivity index (χ1v) is 13.3. The summed E-state index contributed by atoms with van der Waals surface area (Å²) in [5, 5.41) is 3.03. The maximum atomic E-state index is 12.4. The van der Waals surface area contributed by atoms with Crippen LogP contribution in [0.1, 0.15) is 45.8 Å². The van der Waals surface area contributed by atoms with Crippen LogP contribution in [0, 0.1) is 0 Å². The summed E-state index contributed by atoms with van der Waals surface area (Å²) < 4.78 is 10.9. The molecule has 3 aromatic rings. The number of carbonyl (C=O) groups excluding carboxylic acids is 1. The van der Waals surface area contributed by atoms with Crippen LogP contribution in [-0.4, -0.2) is 44.4 Å². The van der Waals surface area contributed by atoms with Gasteiger partial charge in [-0.05, 0) is 79.6 Å². The molecule has 1 N–H and O–H groups in total. The molecule has 6 heteroatoms. The summed E-state index contributed by atoms with van der Waals surface area (Å²) in [7, 11) is 3.38. The van der Waals surface area contributed by atoms with E-state index in [0.717, 1.165) is 54.4 Å².